The standard InChI is InChI=1S/C18H20O2/c19-12-14-5-7-15(8-6-14)13-20-18-10-9-16-3-1-2-4-17(16)11-18/h5-11,19H,1-4,12-13H2. The van der Waals surface area contributed by atoms with Crippen molar-refractivity contribution in [2.45, 2.75) is 38.9 Å². The number of fused-ring (bicyclic) bond motifs is 1. The first-order valence-electron chi connectivity index (χ1n) is 7.28. The number of aliphatic hydroxyl groups is 1. The molecule has 0 fully saturated rings. The molecule has 20 heavy (non-hydrogen) atoms. The number of benzene rings is 2. The highest BCUT2D eigenvalue weighted by molar-refractivity contribution is 5.37. The number of hydrogen-bond acceptors (Lipinski definition) is 2. The number of hydrogen-bond donors (Lipinski definition) is 1. The Bertz CT molecular complexity index is 572. The summed E-state index contributed by atoms with van der Waals surface area (Å²) in [5.41, 5.74) is 4.99. The summed E-state index contributed by atoms with van der Waals surface area (Å²) in [5.74, 6) is 0.955. The zero-order valence-electron chi connectivity index (χ0n) is 11.6. The van der Waals surface area contributed by atoms with Gasteiger partial charge in [-0.15, -0.1) is 0 Å². The molecule has 104 valence electrons. The fraction of sp³-hybridized carbons (Fsp3) is 0.333. The van der Waals surface area contributed by atoms with Crippen LogP contribution in [0.3, 0.4) is 0 Å². The van der Waals surface area contributed by atoms with Gasteiger partial charge in [-0.05, 0) is 60.1 Å². The molecule has 0 spiro atoms. The zero-order valence-corrected chi connectivity index (χ0v) is 11.6. The number of aliphatic hydroxyl groups excluding tert-OH is 1. The summed E-state index contributed by atoms with van der Waals surface area (Å²) in [4.78, 5) is 0. The first-order chi connectivity index (χ1) is 9.85. The SMILES string of the molecule is OCc1ccc(COc2ccc3c(c2)CCCC3)cc1. The molecule has 3 rings (SSSR count). The number of ether oxygens (including phenoxy) is 1. The maximum absolute atomic E-state index is 9.02. The van der Waals surface area contributed by atoms with Crippen molar-refractivity contribution in [3.63, 3.8) is 0 Å². The largest absolute Gasteiger partial charge is 0.489 e. The lowest BCUT2D eigenvalue weighted by molar-refractivity contribution is 0.281. The van der Waals surface area contributed by atoms with Crippen LogP contribution < -0.4 is 4.74 Å². The summed E-state index contributed by atoms with van der Waals surface area (Å²) in [6.45, 7) is 0.663. The molecule has 1 aliphatic rings. The van der Waals surface area contributed by atoms with E-state index < -0.39 is 0 Å². The van der Waals surface area contributed by atoms with E-state index >= 15 is 0 Å². The lowest BCUT2D eigenvalue weighted by Gasteiger charge is -2.16. The Hall–Kier alpha value is -1.80. The van der Waals surface area contributed by atoms with Gasteiger partial charge < -0.3 is 9.84 Å². The van der Waals surface area contributed by atoms with Gasteiger partial charge in [0.15, 0.2) is 0 Å². The Balaban J connectivity index is 1.65. The Labute approximate surface area is 120 Å². The molecule has 1 N–H and O–H groups in total. The summed E-state index contributed by atoms with van der Waals surface area (Å²) in [7, 11) is 0. The van der Waals surface area contributed by atoms with E-state index in [0.717, 1.165) is 16.9 Å². The molecule has 2 nitrogen and oxygen atoms in total. The average molecular weight is 268 g/mol. The van der Waals surface area contributed by atoms with Gasteiger partial charge in [-0.25, -0.2) is 0 Å². The van der Waals surface area contributed by atoms with Crippen molar-refractivity contribution in [3.05, 3.63) is 64.7 Å². The molecular formula is C18H20O2. The van der Waals surface area contributed by atoms with Crippen molar-refractivity contribution in [1.29, 1.82) is 0 Å². The molecule has 2 heteroatoms. The lowest BCUT2D eigenvalue weighted by Crippen LogP contribution is -2.03. The maximum atomic E-state index is 9.02. The summed E-state index contributed by atoms with van der Waals surface area (Å²) in [5, 5.41) is 9.02. The Morgan fingerprint density at radius 2 is 1.55 bits per heavy atom. The van der Waals surface area contributed by atoms with Gasteiger partial charge >= 0.3 is 0 Å². The molecule has 2 aromatic carbocycles. The quantitative estimate of drug-likeness (QED) is 0.917. The lowest BCUT2D eigenvalue weighted by atomic mass is 9.92. The van der Waals surface area contributed by atoms with Crippen LogP contribution in [-0.2, 0) is 26.1 Å². The van der Waals surface area contributed by atoms with E-state index in [9.17, 15) is 0 Å². The van der Waals surface area contributed by atoms with E-state index in [2.05, 4.69) is 18.2 Å². The Morgan fingerprint density at radius 1 is 0.850 bits per heavy atom. The molecule has 0 atom stereocenters. The van der Waals surface area contributed by atoms with E-state index in [1.54, 1.807) is 0 Å². The van der Waals surface area contributed by atoms with E-state index in [0.29, 0.717) is 6.61 Å². The molecule has 1 aliphatic carbocycles. The fourth-order valence-electron chi connectivity index (χ4n) is 2.71. The molecule has 0 heterocycles. The summed E-state index contributed by atoms with van der Waals surface area (Å²) >= 11 is 0. The highest BCUT2D eigenvalue weighted by atomic mass is 16.5. The third-order valence-corrected chi connectivity index (χ3v) is 3.93. The van der Waals surface area contributed by atoms with Crippen molar-refractivity contribution in [2.24, 2.45) is 0 Å². The first-order valence-corrected chi connectivity index (χ1v) is 7.28. The van der Waals surface area contributed by atoms with Gasteiger partial charge in [0.1, 0.15) is 12.4 Å². The third-order valence-electron chi connectivity index (χ3n) is 3.93. The second-order valence-electron chi connectivity index (χ2n) is 5.40. The predicted molar refractivity (Wildman–Crippen MR) is 79.8 cm³/mol. The Kier molecular flexibility index (Phi) is 4.03. The van der Waals surface area contributed by atoms with Crippen molar-refractivity contribution in [2.75, 3.05) is 0 Å². The van der Waals surface area contributed by atoms with Gasteiger partial charge in [0.2, 0.25) is 0 Å². The van der Waals surface area contributed by atoms with Crippen LogP contribution in [0.2, 0.25) is 0 Å². The molecule has 2 aromatic rings. The van der Waals surface area contributed by atoms with Gasteiger partial charge in [0.05, 0.1) is 6.61 Å². The summed E-state index contributed by atoms with van der Waals surface area (Å²) < 4.78 is 5.87. The third kappa shape index (κ3) is 3.02. The molecule has 0 aromatic heterocycles. The van der Waals surface area contributed by atoms with E-state index in [-0.39, 0.29) is 6.61 Å². The number of rotatable bonds is 4. The smallest absolute Gasteiger partial charge is 0.120 e. The van der Waals surface area contributed by atoms with Gasteiger partial charge in [0, 0.05) is 0 Å². The van der Waals surface area contributed by atoms with E-state index in [4.69, 9.17) is 9.84 Å². The van der Waals surface area contributed by atoms with Crippen molar-refractivity contribution < 1.29 is 9.84 Å². The van der Waals surface area contributed by atoms with Crippen molar-refractivity contribution >= 4 is 0 Å². The van der Waals surface area contributed by atoms with Crippen LogP contribution in [0.25, 0.3) is 0 Å². The highest BCUT2D eigenvalue weighted by Crippen LogP contribution is 2.25. The molecular weight excluding hydrogens is 248 g/mol. The molecule has 0 saturated heterocycles. The van der Waals surface area contributed by atoms with E-state index in [1.165, 1.54) is 36.8 Å². The predicted octanol–water partition coefficient (Wildman–Crippen LogP) is 3.64. The van der Waals surface area contributed by atoms with Crippen LogP contribution >= 0.6 is 0 Å². The molecule has 0 radical (unpaired) electrons. The van der Waals surface area contributed by atoms with Crippen LogP contribution in [0.1, 0.15) is 35.1 Å². The van der Waals surface area contributed by atoms with Gasteiger partial charge in [-0.3, -0.25) is 0 Å². The van der Waals surface area contributed by atoms with Gasteiger partial charge in [-0.2, -0.15) is 0 Å². The molecule has 0 amide bonds. The second-order valence-corrected chi connectivity index (χ2v) is 5.40. The van der Waals surface area contributed by atoms with Crippen molar-refractivity contribution in [1.82, 2.24) is 0 Å². The minimum Gasteiger partial charge on any atom is -0.489 e. The normalized spacial score (nSPS) is 13.8. The number of aryl methyl sites for hydroxylation is 2. The first kappa shape index (κ1) is 13.2. The molecule has 0 saturated carbocycles. The summed E-state index contributed by atoms with van der Waals surface area (Å²) in [6.07, 6.45) is 4.99. The topological polar surface area (TPSA) is 29.5 Å². The van der Waals surface area contributed by atoms with Crippen molar-refractivity contribution in [3.8, 4) is 5.75 Å². The second kappa shape index (κ2) is 6.10. The fourth-order valence-corrected chi connectivity index (χ4v) is 2.71. The zero-order chi connectivity index (χ0) is 13.8. The molecule has 0 unspecified atom stereocenters. The van der Waals surface area contributed by atoms with Gasteiger partial charge in [0.25, 0.3) is 0 Å². The van der Waals surface area contributed by atoms with Crippen LogP contribution in [0, 0.1) is 0 Å². The van der Waals surface area contributed by atoms with Crippen LogP contribution in [-0.4, -0.2) is 5.11 Å². The minimum absolute atomic E-state index is 0.0892. The molecule has 0 aliphatic heterocycles. The molecule has 0 bridgehead atoms. The minimum atomic E-state index is 0.0892. The maximum Gasteiger partial charge on any atom is 0.120 e. The average Bonchev–Trinajstić information content (AvgIpc) is 2.53. The van der Waals surface area contributed by atoms with Crippen LogP contribution in [0.15, 0.2) is 42.5 Å². The Morgan fingerprint density at radius 3 is 2.30 bits per heavy atom. The van der Waals surface area contributed by atoms with Crippen LogP contribution in [0.4, 0.5) is 0 Å². The monoisotopic (exact) mass is 268 g/mol. The van der Waals surface area contributed by atoms with Crippen LogP contribution in [0.5, 0.6) is 5.75 Å². The van der Waals surface area contributed by atoms with E-state index in [1.807, 2.05) is 24.3 Å². The summed E-state index contributed by atoms with van der Waals surface area (Å²) in [6, 6.07) is 14.4. The highest BCUT2D eigenvalue weighted by Gasteiger charge is 2.09. The van der Waals surface area contributed by atoms with Gasteiger partial charge in [-0.1, -0.05) is 30.3 Å².